The molecule has 3 aromatic heterocycles. The highest BCUT2D eigenvalue weighted by atomic mass is 19.1. The molecule has 0 spiro atoms. The number of H-pyrrole nitrogens is 2. The second-order valence-electron chi connectivity index (χ2n) is 20.2. The predicted octanol–water partition coefficient (Wildman–Crippen LogP) is 9.52. The Morgan fingerprint density at radius 3 is 2.10 bits per heavy atom. The van der Waals surface area contributed by atoms with Crippen LogP contribution in [0, 0.1) is 17.7 Å². The van der Waals surface area contributed by atoms with E-state index in [0.29, 0.717) is 47.3 Å². The van der Waals surface area contributed by atoms with Crippen LogP contribution in [0.25, 0.3) is 44.7 Å². The smallest absolute Gasteiger partial charge is 0.407 e. The molecule has 4 N–H and O–H groups in total. The minimum Gasteiger partial charge on any atom is -0.490 e. The molecule has 2 saturated heterocycles. The summed E-state index contributed by atoms with van der Waals surface area (Å²) in [4.78, 5) is 71.3. The molecule has 6 aromatic rings. The van der Waals surface area contributed by atoms with Crippen molar-refractivity contribution in [1.82, 2.24) is 44.9 Å². The predicted molar refractivity (Wildman–Crippen MR) is 267 cm³/mol. The summed E-state index contributed by atoms with van der Waals surface area (Å²) < 4.78 is 57.2. The Bertz CT molecular complexity index is 3050. The molecule has 3 aliphatic heterocycles. The van der Waals surface area contributed by atoms with Crippen LogP contribution in [0.1, 0.15) is 108 Å². The van der Waals surface area contributed by atoms with Crippen molar-refractivity contribution in [3.63, 3.8) is 0 Å². The zero-order valence-corrected chi connectivity index (χ0v) is 41.7. The van der Waals surface area contributed by atoms with E-state index >= 15 is 8.78 Å². The van der Waals surface area contributed by atoms with Gasteiger partial charge in [-0.25, -0.2) is 28.3 Å². The summed E-state index contributed by atoms with van der Waals surface area (Å²) in [5, 5.41) is 6.10. The van der Waals surface area contributed by atoms with Gasteiger partial charge < -0.3 is 53.9 Å². The number of hydrogen-bond donors (Lipinski definition) is 4. The van der Waals surface area contributed by atoms with Gasteiger partial charge in [-0.1, -0.05) is 45.9 Å². The van der Waals surface area contributed by atoms with Gasteiger partial charge in [0.05, 0.1) is 79.5 Å². The molecule has 1 aliphatic carbocycles. The van der Waals surface area contributed by atoms with Gasteiger partial charge >= 0.3 is 12.2 Å². The molecule has 6 atom stereocenters. The maximum atomic E-state index is 17.1. The largest absolute Gasteiger partial charge is 0.490 e. The van der Waals surface area contributed by atoms with Crippen LogP contribution in [0.15, 0.2) is 73.1 Å². The molecular weight excluding hydrogens is 941 g/mol. The average Bonchev–Trinajstić information content (AvgIpc) is 4.25. The summed E-state index contributed by atoms with van der Waals surface area (Å²) in [6.45, 7) is 7.66. The molecule has 17 nitrogen and oxygen atoms in total. The number of alkyl carbamates (subject to hydrolysis) is 2. The molecular formula is C54H61F2N9O8. The van der Waals surface area contributed by atoms with E-state index in [4.69, 9.17) is 23.9 Å². The van der Waals surface area contributed by atoms with Crippen LogP contribution in [0.5, 0.6) is 11.5 Å². The monoisotopic (exact) mass is 1000 g/mol. The molecule has 0 radical (unpaired) electrons. The maximum Gasteiger partial charge on any atom is 0.407 e. The molecule has 6 heterocycles. The summed E-state index contributed by atoms with van der Waals surface area (Å²) in [5.74, 6) is 0.272. The van der Waals surface area contributed by atoms with Gasteiger partial charge in [-0.2, -0.15) is 0 Å². The number of carbonyl (C=O) groups is 4. The molecule has 3 aromatic carbocycles. The fourth-order valence-electron chi connectivity index (χ4n) is 10.9. The van der Waals surface area contributed by atoms with Gasteiger partial charge in [0.15, 0.2) is 0 Å². The Morgan fingerprint density at radius 1 is 0.767 bits per heavy atom. The van der Waals surface area contributed by atoms with E-state index in [1.54, 1.807) is 31.0 Å². The van der Waals surface area contributed by atoms with Gasteiger partial charge in [0.25, 0.3) is 0 Å². The maximum absolute atomic E-state index is 17.1. The lowest BCUT2D eigenvalue weighted by Crippen LogP contribution is -2.51. The van der Waals surface area contributed by atoms with Crippen molar-refractivity contribution in [1.29, 1.82) is 0 Å². The van der Waals surface area contributed by atoms with E-state index in [0.717, 1.165) is 65.6 Å². The SMILES string of the molecule is COC(=O)NC(C(=O)N1CCCC1c1ncc(-c2ccc3c(c2)cc2n3C(c3cccc(OC4CCCC4)c3)Oc3cc(-c4cnc(C5CC(F)CN5C(=O)C(NC(=O)OC)C(C)C)[nH]4)cc(F)c3-2)[nH]1)C(C)C. The molecule has 384 valence electrons. The second kappa shape index (κ2) is 20.2. The third kappa shape index (κ3) is 9.56. The quantitative estimate of drug-likeness (QED) is 0.0865. The lowest BCUT2D eigenvalue weighted by Gasteiger charge is -2.31. The normalized spacial score (nSPS) is 20.5. The number of alkyl halides is 1. The van der Waals surface area contributed by atoms with Crippen molar-refractivity contribution in [2.24, 2.45) is 11.8 Å². The number of fused-ring (bicyclic) bond motifs is 5. The van der Waals surface area contributed by atoms with Crippen molar-refractivity contribution in [3.8, 4) is 45.3 Å². The lowest BCUT2D eigenvalue weighted by atomic mass is 10.0. The molecule has 73 heavy (non-hydrogen) atoms. The summed E-state index contributed by atoms with van der Waals surface area (Å²) in [6.07, 6.45) is 5.57. The van der Waals surface area contributed by atoms with Gasteiger partial charge in [-0.05, 0) is 92.8 Å². The fraction of sp³-hybridized carbons (Fsp3) is 0.444. The van der Waals surface area contributed by atoms with Crippen molar-refractivity contribution in [2.75, 3.05) is 27.3 Å². The number of hydrogen-bond acceptors (Lipinski definition) is 10. The zero-order chi connectivity index (χ0) is 51.2. The summed E-state index contributed by atoms with van der Waals surface area (Å²) >= 11 is 0. The van der Waals surface area contributed by atoms with Crippen LogP contribution in [-0.2, 0) is 19.1 Å². The van der Waals surface area contributed by atoms with Crippen LogP contribution in [0.4, 0.5) is 18.4 Å². The van der Waals surface area contributed by atoms with E-state index < -0.39 is 54.4 Å². The Balaban J connectivity index is 0.986. The molecule has 3 fully saturated rings. The van der Waals surface area contributed by atoms with E-state index in [-0.39, 0.29) is 48.4 Å². The summed E-state index contributed by atoms with van der Waals surface area (Å²) in [6, 6.07) is 16.1. The molecule has 1 saturated carbocycles. The highest BCUT2D eigenvalue weighted by Gasteiger charge is 2.42. The average molecular weight is 1000 g/mol. The molecule has 10 rings (SSSR count). The number of aromatic amines is 2. The van der Waals surface area contributed by atoms with Crippen LogP contribution in [-0.4, -0.2) is 110 Å². The molecule has 4 aliphatic rings. The first-order valence-electron chi connectivity index (χ1n) is 25.2. The van der Waals surface area contributed by atoms with Gasteiger partial charge in [-0.3, -0.25) is 9.59 Å². The van der Waals surface area contributed by atoms with E-state index in [2.05, 4.69) is 25.6 Å². The number of imidazole rings is 2. The molecule has 0 bridgehead atoms. The number of methoxy groups -OCH3 is 2. The first-order valence-corrected chi connectivity index (χ1v) is 25.2. The van der Waals surface area contributed by atoms with Crippen LogP contribution >= 0.6 is 0 Å². The van der Waals surface area contributed by atoms with Gasteiger partial charge in [0.1, 0.15) is 47.2 Å². The number of aromatic nitrogens is 5. The Morgan fingerprint density at radius 2 is 1.42 bits per heavy atom. The number of nitrogens with one attached hydrogen (secondary N) is 4. The number of benzene rings is 3. The molecule has 6 unspecified atom stereocenters. The fourth-order valence-corrected chi connectivity index (χ4v) is 10.9. The standard InChI is InChI=1S/C54H61F2N9O8/c1-28(2)46(61-53(68)70-5)50(66)63-18-10-15-41(63)48-57-25-38(59-48)30-16-17-40-33(19-30)22-42-45-37(56)21-32(23-44(45)73-52(65(40)42)31-11-9-14-36(20-31)72-35-12-7-8-13-35)39-26-58-49(60-39)43-24-34(55)27-64(43)51(67)47(29(3)4)62-54(69)71-6/h9,11,14,16-17,19-23,25-26,28-29,34-35,41,43,46-47,52H,7-8,10,12-13,15,18,24,27H2,1-6H3,(H,57,59)(H,58,60)(H,61,68)(H,62,69). The molecule has 19 heteroatoms. The minimum absolute atomic E-state index is 0.0149. The summed E-state index contributed by atoms with van der Waals surface area (Å²) in [7, 11) is 2.48. The van der Waals surface area contributed by atoms with E-state index in [9.17, 15) is 19.2 Å². The molecule has 4 amide bonds. The van der Waals surface area contributed by atoms with Crippen molar-refractivity contribution >= 4 is 34.9 Å². The number of carbonyl (C=O) groups excluding carboxylic acids is 4. The Kier molecular flexibility index (Phi) is 13.6. The highest BCUT2D eigenvalue weighted by molar-refractivity contribution is 5.93. The van der Waals surface area contributed by atoms with Crippen molar-refractivity contribution in [3.05, 3.63) is 96.1 Å². The van der Waals surface area contributed by atoms with Crippen molar-refractivity contribution < 1.29 is 46.9 Å². The van der Waals surface area contributed by atoms with Crippen LogP contribution in [0.3, 0.4) is 0 Å². The van der Waals surface area contributed by atoms with Crippen molar-refractivity contribution in [2.45, 2.75) is 115 Å². The van der Waals surface area contributed by atoms with Gasteiger partial charge in [-0.15, -0.1) is 0 Å². The first kappa shape index (κ1) is 49.2. The second-order valence-corrected chi connectivity index (χ2v) is 20.2. The zero-order valence-electron chi connectivity index (χ0n) is 41.7. The number of ether oxygens (including phenoxy) is 4. The Labute approximate surface area is 421 Å². The third-order valence-electron chi connectivity index (χ3n) is 14.7. The minimum atomic E-state index is -1.33. The highest BCUT2D eigenvalue weighted by Crippen LogP contribution is 2.48. The lowest BCUT2D eigenvalue weighted by molar-refractivity contribution is -0.136. The number of likely N-dealkylation sites (tertiary alicyclic amines) is 2. The third-order valence-corrected chi connectivity index (χ3v) is 14.7. The van der Waals surface area contributed by atoms with Crippen LogP contribution in [0.2, 0.25) is 0 Å². The Hall–Kier alpha value is -7.44. The first-order chi connectivity index (χ1) is 35.2. The summed E-state index contributed by atoms with van der Waals surface area (Å²) in [5.41, 5.74) is 4.87. The van der Waals surface area contributed by atoms with Gasteiger partial charge in [0, 0.05) is 35.0 Å². The number of rotatable bonds is 13. The number of halogens is 2. The van der Waals surface area contributed by atoms with Gasteiger partial charge in [0.2, 0.25) is 18.0 Å². The number of nitrogens with zero attached hydrogens (tertiary/aromatic N) is 5. The number of amides is 4. The van der Waals surface area contributed by atoms with E-state index in [1.165, 1.54) is 31.4 Å². The van der Waals surface area contributed by atoms with E-state index in [1.807, 2.05) is 66.9 Å². The topological polar surface area (TPSA) is 198 Å². The van der Waals surface area contributed by atoms with Crippen LogP contribution < -0.4 is 20.1 Å².